The highest BCUT2D eigenvalue weighted by molar-refractivity contribution is 5.70. The summed E-state index contributed by atoms with van der Waals surface area (Å²) in [6, 6.07) is 5.24. The van der Waals surface area contributed by atoms with Gasteiger partial charge in [-0.3, -0.25) is 0 Å². The normalized spacial score (nSPS) is 17.8. The van der Waals surface area contributed by atoms with E-state index >= 15 is 0 Å². The molecule has 2 nitrogen and oxygen atoms in total. The molecule has 0 aromatic carbocycles. The predicted molar refractivity (Wildman–Crippen MR) is 80.0 cm³/mol. The van der Waals surface area contributed by atoms with Crippen molar-refractivity contribution in [3.8, 4) is 0 Å². The minimum absolute atomic E-state index is 0.836. The molecule has 2 aromatic heterocycles. The molecule has 1 fully saturated rings. The zero-order valence-corrected chi connectivity index (χ0v) is 12.2. The molecule has 3 rings (SSSR count). The van der Waals surface area contributed by atoms with E-state index in [1.165, 1.54) is 56.2 Å². The molecule has 1 aliphatic carbocycles. The van der Waals surface area contributed by atoms with E-state index in [0.717, 1.165) is 23.6 Å². The van der Waals surface area contributed by atoms with Crippen LogP contribution in [-0.4, -0.2) is 24.5 Å². The van der Waals surface area contributed by atoms with Crippen LogP contribution in [0.25, 0.3) is 11.2 Å². The lowest BCUT2D eigenvalue weighted by Gasteiger charge is -2.31. The van der Waals surface area contributed by atoms with Crippen LogP contribution in [0.15, 0.2) is 16.5 Å². The third-order valence-electron chi connectivity index (χ3n) is 4.73. The fourth-order valence-corrected chi connectivity index (χ4v) is 3.45. The Bertz CT molecular complexity index is 510. The first-order valence-corrected chi connectivity index (χ1v) is 7.75. The van der Waals surface area contributed by atoms with Crippen molar-refractivity contribution < 1.29 is 4.42 Å². The minimum atomic E-state index is 0.836. The summed E-state index contributed by atoms with van der Waals surface area (Å²) in [6.45, 7) is 3.33. The number of benzene rings is 1. The van der Waals surface area contributed by atoms with Crippen molar-refractivity contribution in [2.45, 2.75) is 57.9 Å². The van der Waals surface area contributed by atoms with Gasteiger partial charge in [-0.25, -0.2) is 0 Å². The van der Waals surface area contributed by atoms with Crippen LogP contribution >= 0.6 is 0 Å². The number of nitrogens with zero attached hydrogens (tertiary/aromatic N) is 1. The molecular weight excluding hydrogens is 234 g/mol. The Kier molecular flexibility index (Phi) is 3.79. The maximum atomic E-state index is 5.71. The summed E-state index contributed by atoms with van der Waals surface area (Å²) in [5.74, 6) is 0. The van der Waals surface area contributed by atoms with Crippen molar-refractivity contribution in [2.75, 3.05) is 13.6 Å². The van der Waals surface area contributed by atoms with Crippen LogP contribution in [-0.2, 0) is 6.42 Å². The van der Waals surface area contributed by atoms with E-state index in [-0.39, 0.29) is 0 Å². The van der Waals surface area contributed by atoms with Gasteiger partial charge < -0.3 is 9.32 Å². The Morgan fingerprint density at radius 1 is 1.16 bits per heavy atom. The third-order valence-corrected chi connectivity index (χ3v) is 4.73. The molecule has 0 spiro atoms. The smallest absolute Gasteiger partial charge is 0.131 e. The standard InChI is InChI=1S/C17H25NO/c1-13-11-17-14(12-16(13)19-17)7-6-10-18(2)15-8-4-3-5-9-15/h11-12,15H,3-10H2,1-2H3. The molecule has 1 saturated carbocycles. The van der Waals surface area contributed by atoms with E-state index in [2.05, 4.69) is 31.0 Å². The molecule has 19 heavy (non-hydrogen) atoms. The van der Waals surface area contributed by atoms with Gasteiger partial charge in [0.1, 0.15) is 11.2 Å². The SMILES string of the molecule is Cc1cc2oc1cc2CCCN(C)C1CCCCC1. The molecule has 0 unspecified atom stereocenters. The van der Waals surface area contributed by atoms with Crippen molar-refractivity contribution in [1.82, 2.24) is 4.90 Å². The van der Waals surface area contributed by atoms with Crippen LogP contribution in [0.3, 0.4) is 0 Å². The van der Waals surface area contributed by atoms with Gasteiger partial charge in [0.15, 0.2) is 0 Å². The van der Waals surface area contributed by atoms with Crippen molar-refractivity contribution >= 4 is 11.2 Å². The largest absolute Gasteiger partial charge is 0.457 e. The summed E-state index contributed by atoms with van der Waals surface area (Å²) in [4.78, 5) is 2.58. The molecule has 0 N–H and O–H groups in total. The van der Waals surface area contributed by atoms with Gasteiger partial charge >= 0.3 is 0 Å². The topological polar surface area (TPSA) is 16.4 Å². The van der Waals surface area contributed by atoms with Crippen LogP contribution in [0.4, 0.5) is 0 Å². The maximum absolute atomic E-state index is 5.71. The lowest BCUT2D eigenvalue weighted by Crippen LogP contribution is -2.34. The molecule has 1 aliphatic rings. The second-order valence-corrected chi connectivity index (χ2v) is 6.20. The summed E-state index contributed by atoms with van der Waals surface area (Å²) in [6.07, 6.45) is 9.49. The van der Waals surface area contributed by atoms with Crippen LogP contribution in [0, 0.1) is 6.92 Å². The molecular formula is C17H25NO. The fraction of sp³-hybridized carbons (Fsp3) is 0.647. The molecule has 0 radical (unpaired) electrons. The van der Waals surface area contributed by atoms with E-state index < -0.39 is 0 Å². The summed E-state index contributed by atoms with van der Waals surface area (Å²) in [5, 5.41) is 0. The van der Waals surface area contributed by atoms with E-state index in [1.807, 2.05) is 0 Å². The molecule has 104 valence electrons. The molecule has 0 amide bonds. The maximum Gasteiger partial charge on any atom is 0.131 e. The zero-order valence-electron chi connectivity index (χ0n) is 12.2. The van der Waals surface area contributed by atoms with Gasteiger partial charge in [0.2, 0.25) is 0 Å². The van der Waals surface area contributed by atoms with Crippen molar-refractivity contribution in [3.05, 3.63) is 23.3 Å². The van der Waals surface area contributed by atoms with Crippen LogP contribution in [0.5, 0.6) is 0 Å². The summed E-state index contributed by atoms with van der Waals surface area (Å²) < 4.78 is 5.71. The molecule has 2 bridgehead atoms. The molecule has 0 saturated heterocycles. The van der Waals surface area contributed by atoms with Gasteiger partial charge in [0.05, 0.1) is 0 Å². The van der Waals surface area contributed by atoms with Crippen LogP contribution < -0.4 is 0 Å². The average Bonchev–Trinajstić information content (AvgIpc) is 2.98. The minimum Gasteiger partial charge on any atom is -0.457 e. The molecule has 2 aromatic rings. The zero-order chi connectivity index (χ0) is 13.2. The lowest BCUT2D eigenvalue weighted by molar-refractivity contribution is 0.190. The Labute approximate surface area is 116 Å². The first kappa shape index (κ1) is 13.0. The predicted octanol–water partition coefficient (Wildman–Crippen LogP) is 4.38. The van der Waals surface area contributed by atoms with Gasteiger partial charge in [-0.05, 0) is 69.5 Å². The van der Waals surface area contributed by atoms with Crippen LogP contribution in [0.2, 0.25) is 0 Å². The molecule has 2 heteroatoms. The molecule has 0 atom stereocenters. The molecule has 2 heterocycles. The van der Waals surface area contributed by atoms with Gasteiger partial charge in [-0.15, -0.1) is 0 Å². The van der Waals surface area contributed by atoms with Crippen molar-refractivity contribution in [1.29, 1.82) is 0 Å². The first-order valence-electron chi connectivity index (χ1n) is 7.75. The second kappa shape index (κ2) is 5.54. The van der Waals surface area contributed by atoms with Crippen molar-refractivity contribution in [3.63, 3.8) is 0 Å². The highest BCUT2D eigenvalue weighted by atomic mass is 16.3. The lowest BCUT2D eigenvalue weighted by atomic mass is 9.94. The number of rotatable bonds is 5. The van der Waals surface area contributed by atoms with E-state index in [1.54, 1.807) is 0 Å². The Morgan fingerprint density at radius 2 is 1.95 bits per heavy atom. The summed E-state index contributed by atoms with van der Waals surface area (Å²) >= 11 is 0. The van der Waals surface area contributed by atoms with Gasteiger partial charge in [-0.1, -0.05) is 19.3 Å². The summed E-state index contributed by atoms with van der Waals surface area (Å²) in [5.41, 5.74) is 4.86. The number of furan rings is 2. The molecule has 0 aliphatic heterocycles. The highest BCUT2D eigenvalue weighted by Crippen LogP contribution is 2.27. The number of fused-ring (bicyclic) bond motifs is 2. The number of hydrogen-bond acceptors (Lipinski definition) is 2. The van der Waals surface area contributed by atoms with Crippen molar-refractivity contribution in [2.24, 2.45) is 0 Å². The Balaban J connectivity index is 1.47. The first-order chi connectivity index (χ1) is 9.24. The van der Waals surface area contributed by atoms with Gasteiger partial charge in [0, 0.05) is 6.04 Å². The second-order valence-electron chi connectivity index (χ2n) is 6.20. The highest BCUT2D eigenvalue weighted by Gasteiger charge is 2.17. The van der Waals surface area contributed by atoms with Gasteiger partial charge in [0.25, 0.3) is 0 Å². The van der Waals surface area contributed by atoms with Crippen LogP contribution in [0.1, 0.15) is 49.7 Å². The van der Waals surface area contributed by atoms with E-state index in [9.17, 15) is 0 Å². The van der Waals surface area contributed by atoms with E-state index in [4.69, 9.17) is 4.42 Å². The Morgan fingerprint density at radius 3 is 2.58 bits per heavy atom. The van der Waals surface area contributed by atoms with E-state index in [0.29, 0.717) is 0 Å². The fourth-order valence-electron chi connectivity index (χ4n) is 3.45. The number of aryl methyl sites for hydroxylation is 2. The Hall–Kier alpha value is -1.02. The average molecular weight is 259 g/mol. The summed E-state index contributed by atoms with van der Waals surface area (Å²) in [7, 11) is 2.30. The third kappa shape index (κ3) is 2.79. The number of hydrogen-bond donors (Lipinski definition) is 0. The van der Waals surface area contributed by atoms with Gasteiger partial charge in [-0.2, -0.15) is 0 Å². The quantitative estimate of drug-likeness (QED) is 0.792. The monoisotopic (exact) mass is 259 g/mol.